The Kier molecular flexibility index (Phi) is 4.04. The summed E-state index contributed by atoms with van der Waals surface area (Å²) in [7, 11) is 0. The van der Waals surface area contributed by atoms with Gasteiger partial charge < -0.3 is 10.1 Å². The van der Waals surface area contributed by atoms with Gasteiger partial charge in [-0.25, -0.2) is 0 Å². The van der Waals surface area contributed by atoms with Crippen molar-refractivity contribution in [2.45, 2.75) is 6.92 Å². The first kappa shape index (κ1) is 17.3. The van der Waals surface area contributed by atoms with Gasteiger partial charge in [0.05, 0.1) is 27.2 Å². The summed E-state index contributed by atoms with van der Waals surface area (Å²) in [5.74, 6) is -0.963. The van der Waals surface area contributed by atoms with Gasteiger partial charge in [0.15, 0.2) is 5.69 Å². The summed E-state index contributed by atoms with van der Waals surface area (Å²) in [6.07, 6.45) is 0. The number of H-pyrrole nitrogens is 1. The SMILES string of the molecule is Cc1nc2ccccc2cc1C(=O)N=Nc1c(O)[nH]c2ccc([N+](=O)[O-])cc12. The van der Waals surface area contributed by atoms with Crippen LogP contribution in [0.25, 0.3) is 21.8 Å². The molecule has 0 radical (unpaired) electrons. The van der Waals surface area contributed by atoms with E-state index in [0.717, 1.165) is 10.9 Å². The third-order valence-electron chi connectivity index (χ3n) is 4.33. The van der Waals surface area contributed by atoms with E-state index in [2.05, 4.69) is 20.2 Å². The van der Waals surface area contributed by atoms with Crippen molar-refractivity contribution in [3.63, 3.8) is 0 Å². The Hall–Kier alpha value is -4.14. The summed E-state index contributed by atoms with van der Waals surface area (Å²) >= 11 is 0. The minimum absolute atomic E-state index is 0.0431. The third kappa shape index (κ3) is 2.94. The average molecular weight is 375 g/mol. The van der Waals surface area contributed by atoms with E-state index in [0.29, 0.717) is 11.2 Å². The van der Waals surface area contributed by atoms with E-state index >= 15 is 0 Å². The van der Waals surface area contributed by atoms with Crippen LogP contribution in [0.1, 0.15) is 16.1 Å². The van der Waals surface area contributed by atoms with Gasteiger partial charge in [-0.2, -0.15) is 0 Å². The maximum atomic E-state index is 12.5. The first-order chi connectivity index (χ1) is 13.4. The molecular weight excluding hydrogens is 362 g/mol. The van der Waals surface area contributed by atoms with Crippen molar-refractivity contribution in [3.05, 3.63) is 69.9 Å². The zero-order chi connectivity index (χ0) is 19.8. The summed E-state index contributed by atoms with van der Waals surface area (Å²) in [4.78, 5) is 30.0. The number of non-ortho nitro benzene ring substituents is 1. The molecule has 0 aliphatic heterocycles. The first-order valence-corrected chi connectivity index (χ1v) is 8.25. The maximum absolute atomic E-state index is 12.5. The van der Waals surface area contributed by atoms with Crippen molar-refractivity contribution in [1.29, 1.82) is 0 Å². The number of fused-ring (bicyclic) bond motifs is 2. The quantitative estimate of drug-likeness (QED) is 0.307. The molecule has 28 heavy (non-hydrogen) atoms. The highest BCUT2D eigenvalue weighted by Crippen LogP contribution is 2.37. The molecule has 4 aromatic rings. The number of aromatic nitrogens is 2. The lowest BCUT2D eigenvalue weighted by Gasteiger charge is -2.03. The van der Waals surface area contributed by atoms with Crippen LogP contribution in [0, 0.1) is 17.0 Å². The van der Waals surface area contributed by atoms with E-state index in [1.165, 1.54) is 18.2 Å². The minimum Gasteiger partial charge on any atom is -0.493 e. The number of aromatic hydroxyl groups is 1. The van der Waals surface area contributed by atoms with E-state index in [1.54, 1.807) is 13.0 Å². The van der Waals surface area contributed by atoms with Crippen LogP contribution in [0.3, 0.4) is 0 Å². The summed E-state index contributed by atoms with van der Waals surface area (Å²) < 4.78 is 0. The number of benzene rings is 2. The van der Waals surface area contributed by atoms with Crippen molar-refractivity contribution in [1.82, 2.24) is 9.97 Å². The largest absolute Gasteiger partial charge is 0.493 e. The summed E-state index contributed by atoms with van der Waals surface area (Å²) in [5.41, 5.74) is 1.78. The second-order valence-electron chi connectivity index (χ2n) is 6.13. The van der Waals surface area contributed by atoms with Crippen molar-refractivity contribution in [3.8, 4) is 5.88 Å². The summed E-state index contributed by atoms with van der Waals surface area (Å²) in [6.45, 7) is 1.70. The molecular formula is C19H13N5O4. The van der Waals surface area contributed by atoms with Gasteiger partial charge in [-0.05, 0) is 25.1 Å². The number of para-hydroxylation sites is 1. The molecule has 2 aromatic carbocycles. The Balaban J connectivity index is 1.74. The number of aryl methyl sites for hydroxylation is 1. The molecule has 9 nitrogen and oxygen atoms in total. The topological polar surface area (TPSA) is 134 Å². The van der Waals surface area contributed by atoms with Gasteiger partial charge in [0, 0.05) is 22.9 Å². The average Bonchev–Trinajstić information content (AvgIpc) is 2.99. The molecule has 0 spiro atoms. The van der Waals surface area contributed by atoms with Gasteiger partial charge in [0.25, 0.3) is 11.6 Å². The van der Waals surface area contributed by atoms with Crippen LogP contribution in [-0.2, 0) is 0 Å². The van der Waals surface area contributed by atoms with Crippen LogP contribution in [0.15, 0.2) is 58.8 Å². The van der Waals surface area contributed by atoms with E-state index in [-0.39, 0.29) is 28.2 Å². The van der Waals surface area contributed by atoms with Crippen molar-refractivity contribution in [2.75, 3.05) is 0 Å². The second-order valence-corrected chi connectivity index (χ2v) is 6.13. The number of amides is 1. The Labute approximate surface area is 157 Å². The molecule has 0 saturated heterocycles. The predicted molar refractivity (Wildman–Crippen MR) is 102 cm³/mol. The minimum atomic E-state index is -0.630. The highest BCUT2D eigenvalue weighted by molar-refractivity contribution is 6.00. The molecule has 0 atom stereocenters. The standard InChI is InChI=1S/C19H13N5O4/c1-10-13(8-11-4-2-3-5-15(11)20-10)18(25)23-22-17-14-9-12(24(27)28)6-7-16(14)21-19(17)26/h2-9,21,26H,1H3. The van der Waals surface area contributed by atoms with Gasteiger partial charge in [-0.3, -0.25) is 19.9 Å². The van der Waals surface area contributed by atoms with Crippen LogP contribution in [-0.4, -0.2) is 25.9 Å². The maximum Gasteiger partial charge on any atom is 0.297 e. The van der Waals surface area contributed by atoms with Crippen LogP contribution in [0.2, 0.25) is 0 Å². The van der Waals surface area contributed by atoms with Crippen LogP contribution in [0.4, 0.5) is 11.4 Å². The molecule has 2 N–H and O–H groups in total. The number of nitrogens with one attached hydrogen (secondary N) is 1. The number of pyridine rings is 1. The van der Waals surface area contributed by atoms with Gasteiger partial charge in [0.1, 0.15) is 0 Å². The number of carbonyl (C=O) groups is 1. The van der Waals surface area contributed by atoms with Gasteiger partial charge >= 0.3 is 0 Å². The number of hydrogen-bond acceptors (Lipinski definition) is 6. The molecule has 0 unspecified atom stereocenters. The van der Waals surface area contributed by atoms with Crippen LogP contribution in [0.5, 0.6) is 5.88 Å². The molecule has 4 rings (SSSR count). The van der Waals surface area contributed by atoms with E-state index in [1.807, 2.05) is 24.3 Å². The Bertz CT molecular complexity index is 1290. The van der Waals surface area contributed by atoms with Crippen molar-refractivity contribution >= 4 is 39.1 Å². The molecule has 1 amide bonds. The molecule has 2 heterocycles. The Morgan fingerprint density at radius 3 is 2.79 bits per heavy atom. The number of nitro benzene ring substituents is 1. The zero-order valence-electron chi connectivity index (χ0n) is 14.6. The van der Waals surface area contributed by atoms with Gasteiger partial charge in [0.2, 0.25) is 5.88 Å². The first-order valence-electron chi connectivity index (χ1n) is 8.25. The predicted octanol–water partition coefficient (Wildman–Crippen LogP) is 4.56. The van der Waals surface area contributed by atoms with E-state index in [9.17, 15) is 20.0 Å². The lowest BCUT2D eigenvalue weighted by molar-refractivity contribution is -0.384. The Morgan fingerprint density at radius 2 is 2.00 bits per heavy atom. The molecule has 0 aliphatic rings. The number of nitrogens with zero attached hydrogens (tertiary/aromatic N) is 4. The van der Waals surface area contributed by atoms with Crippen molar-refractivity contribution in [2.24, 2.45) is 10.2 Å². The summed E-state index contributed by atoms with van der Waals surface area (Å²) in [5, 5.41) is 29.6. The van der Waals surface area contributed by atoms with E-state index < -0.39 is 10.8 Å². The molecule has 2 aromatic heterocycles. The number of rotatable bonds is 3. The molecule has 0 fully saturated rings. The van der Waals surface area contributed by atoms with E-state index in [4.69, 9.17) is 0 Å². The number of hydrogen-bond donors (Lipinski definition) is 2. The molecule has 0 aliphatic carbocycles. The fourth-order valence-corrected chi connectivity index (χ4v) is 2.94. The van der Waals surface area contributed by atoms with Gasteiger partial charge in [-0.15, -0.1) is 10.2 Å². The Morgan fingerprint density at radius 1 is 1.21 bits per heavy atom. The zero-order valence-corrected chi connectivity index (χ0v) is 14.6. The molecule has 9 heteroatoms. The number of carbonyl (C=O) groups excluding carboxylic acids is 1. The highest BCUT2D eigenvalue weighted by Gasteiger charge is 2.16. The third-order valence-corrected chi connectivity index (χ3v) is 4.33. The lowest BCUT2D eigenvalue weighted by atomic mass is 10.1. The monoisotopic (exact) mass is 375 g/mol. The van der Waals surface area contributed by atoms with Crippen LogP contribution < -0.4 is 0 Å². The fraction of sp³-hybridized carbons (Fsp3) is 0.0526. The number of nitro groups is 1. The number of azo groups is 1. The normalized spacial score (nSPS) is 11.5. The van der Waals surface area contributed by atoms with Crippen molar-refractivity contribution < 1.29 is 14.8 Å². The highest BCUT2D eigenvalue weighted by atomic mass is 16.6. The molecule has 138 valence electrons. The number of aromatic amines is 1. The smallest absolute Gasteiger partial charge is 0.297 e. The lowest BCUT2D eigenvalue weighted by Crippen LogP contribution is -2.00. The molecule has 0 bridgehead atoms. The summed E-state index contributed by atoms with van der Waals surface area (Å²) in [6, 6.07) is 13.1. The van der Waals surface area contributed by atoms with Gasteiger partial charge in [-0.1, -0.05) is 18.2 Å². The fourth-order valence-electron chi connectivity index (χ4n) is 2.94. The second kappa shape index (κ2) is 6.54. The molecule has 0 saturated carbocycles. The van der Waals surface area contributed by atoms with Crippen LogP contribution >= 0.6 is 0 Å².